The zero-order chi connectivity index (χ0) is 11.5. The Hall–Kier alpha value is -1.09. The Morgan fingerprint density at radius 3 is 2.88 bits per heavy atom. The molecule has 3 heteroatoms. The van der Waals surface area contributed by atoms with Gasteiger partial charge in [-0.15, -0.1) is 0 Å². The van der Waals surface area contributed by atoms with Crippen molar-refractivity contribution in [1.29, 1.82) is 0 Å². The molecule has 2 nitrogen and oxygen atoms in total. The molecule has 0 aliphatic carbocycles. The molecule has 1 atom stereocenters. The van der Waals surface area contributed by atoms with Crippen LogP contribution in [0.3, 0.4) is 0 Å². The van der Waals surface area contributed by atoms with Gasteiger partial charge >= 0.3 is 0 Å². The molecule has 2 N–H and O–H groups in total. The van der Waals surface area contributed by atoms with Gasteiger partial charge in [0.2, 0.25) is 0 Å². The van der Waals surface area contributed by atoms with Crippen molar-refractivity contribution in [2.45, 2.75) is 19.8 Å². The number of benzene rings is 1. The Balaban J connectivity index is 2.24. The lowest BCUT2D eigenvalue weighted by molar-refractivity contribution is 0.569. The predicted molar refractivity (Wildman–Crippen MR) is 72.9 cm³/mol. The number of anilines is 1. The molecule has 0 aromatic heterocycles. The SMILES string of the molecule is CCC1CCN(c2ccccc2C(N)=S)C1. The second kappa shape index (κ2) is 4.83. The van der Waals surface area contributed by atoms with Gasteiger partial charge in [0.15, 0.2) is 0 Å². The van der Waals surface area contributed by atoms with Crippen LogP contribution in [0.15, 0.2) is 24.3 Å². The summed E-state index contributed by atoms with van der Waals surface area (Å²) in [5.41, 5.74) is 7.96. The highest BCUT2D eigenvalue weighted by Gasteiger charge is 2.22. The number of para-hydroxylation sites is 1. The lowest BCUT2D eigenvalue weighted by atomic mass is 10.1. The summed E-state index contributed by atoms with van der Waals surface area (Å²) in [6.45, 7) is 4.52. The van der Waals surface area contributed by atoms with E-state index in [9.17, 15) is 0 Å². The van der Waals surface area contributed by atoms with Crippen molar-refractivity contribution in [2.24, 2.45) is 11.7 Å². The fraction of sp³-hybridized carbons (Fsp3) is 0.462. The number of nitrogens with zero attached hydrogens (tertiary/aromatic N) is 1. The van der Waals surface area contributed by atoms with Gasteiger partial charge in [-0.05, 0) is 24.5 Å². The summed E-state index contributed by atoms with van der Waals surface area (Å²) in [5, 5.41) is 0. The van der Waals surface area contributed by atoms with Crippen LogP contribution < -0.4 is 10.6 Å². The first-order valence-electron chi connectivity index (χ1n) is 5.86. The standard InChI is InChI=1S/C13H18N2S/c1-2-10-7-8-15(9-10)12-6-4-3-5-11(12)13(14)16/h3-6,10H,2,7-9H2,1H3,(H2,14,16). The Bertz CT molecular complexity index is 389. The first kappa shape index (κ1) is 11.4. The Kier molecular flexibility index (Phi) is 3.44. The van der Waals surface area contributed by atoms with Crippen molar-refractivity contribution in [2.75, 3.05) is 18.0 Å². The molecule has 16 heavy (non-hydrogen) atoms. The van der Waals surface area contributed by atoms with E-state index in [1.165, 1.54) is 18.5 Å². The van der Waals surface area contributed by atoms with Crippen LogP contribution in [-0.2, 0) is 0 Å². The van der Waals surface area contributed by atoms with E-state index >= 15 is 0 Å². The Labute approximate surface area is 102 Å². The third-order valence-electron chi connectivity index (χ3n) is 3.37. The molecule has 0 amide bonds. The second-order valence-corrected chi connectivity index (χ2v) is 4.83. The molecule has 1 saturated heterocycles. The summed E-state index contributed by atoms with van der Waals surface area (Å²) in [6, 6.07) is 8.17. The van der Waals surface area contributed by atoms with Crippen molar-refractivity contribution in [1.82, 2.24) is 0 Å². The smallest absolute Gasteiger partial charge is 0.106 e. The van der Waals surface area contributed by atoms with E-state index in [2.05, 4.69) is 24.0 Å². The summed E-state index contributed by atoms with van der Waals surface area (Å²) >= 11 is 5.09. The molecular formula is C13H18N2S. The second-order valence-electron chi connectivity index (χ2n) is 4.39. The molecule has 1 heterocycles. The van der Waals surface area contributed by atoms with Crippen LogP contribution in [0.5, 0.6) is 0 Å². The average Bonchev–Trinajstić information content (AvgIpc) is 2.77. The minimum atomic E-state index is 0.496. The van der Waals surface area contributed by atoms with Crippen LogP contribution in [0, 0.1) is 5.92 Å². The lowest BCUT2D eigenvalue weighted by Crippen LogP contribution is -2.23. The van der Waals surface area contributed by atoms with Crippen LogP contribution in [0.1, 0.15) is 25.3 Å². The van der Waals surface area contributed by atoms with Gasteiger partial charge in [0.25, 0.3) is 0 Å². The summed E-state index contributed by atoms with van der Waals surface area (Å²) in [4.78, 5) is 2.90. The van der Waals surface area contributed by atoms with Gasteiger partial charge in [-0.25, -0.2) is 0 Å². The van der Waals surface area contributed by atoms with Crippen LogP contribution >= 0.6 is 12.2 Å². The quantitative estimate of drug-likeness (QED) is 0.815. The monoisotopic (exact) mass is 234 g/mol. The van der Waals surface area contributed by atoms with Gasteiger partial charge in [0.05, 0.1) is 0 Å². The number of thiocarbonyl (C=S) groups is 1. The molecule has 1 aliphatic heterocycles. The summed E-state index contributed by atoms with van der Waals surface area (Å²) in [7, 11) is 0. The van der Waals surface area contributed by atoms with Gasteiger partial charge in [-0.2, -0.15) is 0 Å². The molecule has 1 aliphatic rings. The molecule has 1 aromatic carbocycles. The lowest BCUT2D eigenvalue weighted by Gasteiger charge is -2.21. The van der Waals surface area contributed by atoms with Crippen LogP contribution in [0.25, 0.3) is 0 Å². The van der Waals surface area contributed by atoms with Crippen molar-refractivity contribution in [3.05, 3.63) is 29.8 Å². The van der Waals surface area contributed by atoms with Crippen molar-refractivity contribution in [3.63, 3.8) is 0 Å². The third kappa shape index (κ3) is 2.19. The maximum Gasteiger partial charge on any atom is 0.106 e. The molecule has 0 saturated carbocycles. The van der Waals surface area contributed by atoms with E-state index in [1.807, 2.05) is 12.1 Å². The van der Waals surface area contributed by atoms with Gasteiger partial charge < -0.3 is 10.6 Å². The largest absolute Gasteiger partial charge is 0.389 e. The zero-order valence-electron chi connectivity index (χ0n) is 9.65. The van der Waals surface area contributed by atoms with E-state index in [1.54, 1.807) is 0 Å². The summed E-state index contributed by atoms with van der Waals surface area (Å²) in [6.07, 6.45) is 2.54. The van der Waals surface area contributed by atoms with Gasteiger partial charge in [-0.3, -0.25) is 0 Å². The van der Waals surface area contributed by atoms with Crippen molar-refractivity contribution >= 4 is 22.9 Å². The predicted octanol–water partition coefficient (Wildman–Crippen LogP) is 2.56. The molecule has 2 rings (SSSR count). The van der Waals surface area contributed by atoms with Gasteiger partial charge in [0.1, 0.15) is 4.99 Å². The zero-order valence-corrected chi connectivity index (χ0v) is 10.5. The minimum Gasteiger partial charge on any atom is -0.389 e. The molecule has 0 spiro atoms. The van der Waals surface area contributed by atoms with E-state index in [4.69, 9.17) is 18.0 Å². The average molecular weight is 234 g/mol. The third-order valence-corrected chi connectivity index (χ3v) is 3.59. The van der Waals surface area contributed by atoms with E-state index in [-0.39, 0.29) is 0 Å². The van der Waals surface area contributed by atoms with E-state index in [0.717, 1.165) is 24.6 Å². The topological polar surface area (TPSA) is 29.3 Å². The maximum atomic E-state index is 5.75. The first-order chi connectivity index (χ1) is 7.72. The fourth-order valence-corrected chi connectivity index (χ4v) is 2.52. The fourth-order valence-electron chi connectivity index (χ4n) is 2.34. The molecule has 1 aromatic rings. The Morgan fingerprint density at radius 1 is 1.50 bits per heavy atom. The van der Waals surface area contributed by atoms with E-state index < -0.39 is 0 Å². The first-order valence-corrected chi connectivity index (χ1v) is 6.27. The number of hydrogen-bond acceptors (Lipinski definition) is 2. The summed E-state index contributed by atoms with van der Waals surface area (Å²) in [5.74, 6) is 0.819. The van der Waals surface area contributed by atoms with Gasteiger partial charge in [0, 0.05) is 24.3 Å². The van der Waals surface area contributed by atoms with E-state index in [0.29, 0.717) is 4.99 Å². The molecule has 0 radical (unpaired) electrons. The number of hydrogen-bond donors (Lipinski definition) is 1. The molecule has 1 unspecified atom stereocenters. The van der Waals surface area contributed by atoms with Crippen LogP contribution in [-0.4, -0.2) is 18.1 Å². The molecule has 1 fully saturated rings. The highest BCUT2D eigenvalue weighted by molar-refractivity contribution is 7.80. The molecular weight excluding hydrogens is 216 g/mol. The highest BCUT2D eigenvalue weighted by atomic mass is 32.1. The normalized spacial score (nSPS) is 20.1. The van der Waals surface area contributed by atoms with Crippen molar-refractivity contribution < 1.29 is 0 Å². The number of nitrogens with two attached hydrogens (primary N) is 1. The van der Waals surface area contributed by atoms with Gasteiger partial charge in [-0.1, -0.05) is 37.7 Å². The number of rotatable bonds is 3. The summed E-state index contributed by atoms with van der Waals surface area (Å²) < 4.78 is 0. The highest BCUT2D eigenvalue weighted by Crippen LogP contribution is 2.28. The minimum absolute atomic E-state index is 0.496. The van der Waals surface area contributed by atoms with Crippen molar-refractivity contribution in [3.8, 4) is 0 Å². The molecule has 86 valence electrons. The maximum absolute atomic E-state index is 5.75. The Morgan fingerprint density at radius 2 is 2.25 bits per heavy atom. The van der Waals surface area contributed by atoms with Crippen LogP contribution in [0.2, 0.25) is 0 Å². The molecule has 0 bridgehead atoms. The van der Waals surface area contributed by atoms with Crippen LogP contribution in [0.4, 0.5) is 5.69 Å².